The molecular weight excluding hydrogens is 376 g/mol. The number of rotatable bonds is 7. The van der Waals surface area contributed by atoms with Crippen LogP contribution in [0.25, 0.3) is 10.6 Å². The van der Waals surface area contributed by atoms with E-state index in [9.17, 15) is 9.59 Å². The molecule has 144 valence electrons. The smallest absolute Gasteiger partial charge is 0.248 e. The van der Waals surface area contributed by atoms with Crippen LogP contribution in [0, 0.1) is 0 Å². The number of aromatic nitrogens is 2. The second-order valence-corrected chi connectivity index (χ2v) is 7.06. The zero-order valence-corrected chi connectivity index (χ0v) is 16.3. The molecule has 2 amide bonds. The minimum absolute atomic E-state index is 0.218. The van der Waals surface area contributed by atoms with Gasteiger partial charge in [-0.3, -0.25) is 14.9 Å². The van der Waals surface area contributed by atoms with E-state index in [2.05, 4.69) is 20.8 Å². The Hall–Kier alpha value is -3.26. The van der Waals surface area contributed by atoms with Crippen LogP contribution in [0.2, 0.25) is 0 Å². The van der Waals surface area contributed by atoms with E-state index >= 15 is 0 Å². The third-order valence-corrected chi connectivity index (χ3v) is 4.86. The molecule has 0 saturated carbocycles. The van der Waals surface area contributed by atoms with Gasteiger partial charge in [-0.05, 0) is 36.8 Å². The van der Waals surface area contributed by atoms with Gasteiger partial charge in [-0.1, -0.05) is 41.7 Å². The van der Waals surface area contributed by atoms with Crippen LogP contribution in [-0.2, 0) is 16.0 Å². The molecule has 2 aromatic carbocycles. The quantitative estimate of drug-likeness (QED) is 0.641. The number of hydrogen-bond donors (Lipinski definition) is 2. The first-order valence-electron chi connectivity index (χ1n) is 8.67. The molecule has 8 heteroatoms. The van der Waals surface area contributed by atoms with Crippen molar-refractivity contribution in [3.8, 4) is 16.3 Å². The molecule has 0 aliphatic heterocycles. The SMILES string of the molecule is COc1ccc(-c2nnc(NC(=O)[C@@H](C)NC(=O)Cc3ccccc3)s2)cc1. The van der Waals surface area contributed by atoms with Crippen LogP contribution >= 0.6 is 11.3 Å². The molecule has 7 nitrogen and oxygen atoms in total. The minimum atomic E-state index is -0.690. The first kappa shape index (κ1) is 19.5. The Morgan fingerprint density at radius 1 is 1.07 bits per heavy atom. The number of nitrogens with one attached hydrogen (secondary N) is 2. The Kier molecular flexibility index (Phi) is 6.33. The summed E-state index contributed by atoms with van der Waals surface area (Å²) in [5, 5.41) is 14.5. The monoisotopic (exact) mass is 396 g/mol. The number of ether oxygens (including phenoxy) is 1. The van der Waals surface area contributed by atoms with Gasteiger partial charge in [0.2, 0.25) is 16.9 Å². The van der Waals surface area contributed by atoms with Crippen molar-refractivity contribution >= 4 is 28.3 Å². The van der Waals surface area contributed by atoms with E-state index in [0.717, 1.165) is 16.9 Å². The van der Waals surface area contributed by atoms with Crippen LogP contribution < -0.4 is 15.4 Å². The summed E-state index contributed by atoms with van der Waals surface area (Å²) in [6, 6.07) is 16.1. The molecule has 1 aromatic heterocycles. The van der Waals surface area contributed by atoms with Crippen molar-refractivity contribution in [2.24, 2.45) is 0 Å². The van der Waals surface area contributed by atoms with Crippen molar-refractivity contribution in [1.29, 1.82) is 0 Å². The molecule has 2 N–H and O–H groups in total. The van der Waals surface area contributed by atoms with Crippen molar-refractivity contribution in [1.82, 2.24) is 15.5 Å². The van der Waals surface area contributed by atoms with Crippen LogP contribution in [0.4, 0.5) is 5.13 Å². The van der Waals surface area contributed by atoms with Gasteiger partial charge in [0.1, 0.15) is 16.8 Å². The minimum Gasteiger partial charge on any atom is -0.497 e. The third kappa shape index (κ3) is 5.14. The molecule has 3 rings (SSSR count). The highest BCUT2D eigenvalue weighted by Gasteiger charge is 2.18. The molecule has 3 aromatic rings. The number of carbonyl (C=O) groups excluding carboxylic acids is 2. The molecule has 0 unspecified atom stereocenters. The summed E-state index contributed by atoms with van der Waals surface area (Å²) in [6.45, 7) is 1.63. The summed E-state index contributed by atoms with van der Waals surface area (Å²) in [5.74, 6) is 0.186. The zero-order chi connectivity index (χ0) is 19.9. The van der Waals surface area contributed by atoms with E-state index in [1.54, 1.807) is 14.0 Å². The van der Waals surface area contributed by atoms with E-state index in [1.807, 2.05) is 54.6 Å². The molecule has 0 fully saturated rings. The lowest BCUT2D eigenvalue weighted by molar-refractivity contribution is -0.125. The second kappa shape index (κ2) is 9.09. The molecule has 0 radical (unpaired) electrons. The van der Waals surface area contributed by atoms with Crippen molar-refractivity contribution < 1.29 is 14.3 Å². The molecule has 1 heterocycles. The van der Waals surface area contributed by atoms with Crippen LogP contribution in [0.15, 0.2) is 54.6 Å². The standard InChI is InChI=1S/C20H20N4O3S/c1-13(21-17(25)12-14-6-4-3-5-7-14)18(26)22-20-24-23-19(28-20)15-8-10-16(27-2)11-9-15/h3-11,13H,12H2,1-2H3,(H,21,25)(H,22,24,26)/t13-/m1/s1. The van der Waals surface area contributed by atoms with E-state index in [0.29, 0.717) is 10.1 Å². The molecule has 28 heavy (non-hydrogen) atoms. The van der Waals surface area contributed by atoms with E-state index < -0.39 is 6.04 Å². The Balaban J connectivity index is 1.55. The normalized spacial score (nSPS) is 11.5. The highest BCUT2D eigenvalue weighted by atomic mass is 32.1. The number of benzene rings is 2. The summed E-state index contributed by atoms with van der Waals surface area (Å²) >= 11 is 1.26. The summed E-state index contributed by atoms with van der Waals surface area (Å²) in [5.41, 5.74) is 1.77. The maximum Gasteiger partial charge on any atom is 0.248 e. The van der Waals surface area contributed by atoms with Gasteiger partial charge in [-0.2, -0.15) is 0 Å². The van der Waals surface area contributed by atoms with Crippen LogP contribution in [0.3, 0.4) is 0 Å². The molecule has 0 spiro atoms. The van der Waals surface area contributed by atoms with E-state index in [-0.39, 0.29) is 18.2 Å². The first-order chi connectivity index (χ1) is 13.5. The van der Waals surface area contributed by atoms with Crippen LogP contribution in [-0.4, -0.2) is 35.2 Å². The predicted molar refractivity (Wildman–Crippen MR) is 108 cm³/mol. The van der Waals surface area contributed by atoms with Gasteiger partial charge in [0, 0.05) is 5.56 Å². The average molecular weight is 396 g/mol. The van der Waals surface area contributed by atoms with Crippen molar-refractivity contribution in [2.45, 2.75) is 19.4 Å². The van der Waals surface area contributed by atoms with E-state index in [1.165, 1.54) is 11.3 Å². The Morgan fingerprint density at radius 2 is 1.79 bits per heavy atom. The number of hydrogen-bond acceptors (Lipinski definition) is 6. The summed E-state index contributed by atoms with van der Waals surface area (Å²) in [7, 11) is 1.60. The fourth-order valence-corrected chi connectivity index (χ4v) is 3.23. The first-order valence-corrected chi connectivity index (χ1v) is 9.49. The van der Waals surface area contributed by atoms with Crippen LogP contribution in [0.1, 0.15) is 12.5 Å². The average Bonchev–Trinajstić information content (AvgIpc) is 3.17. The molecule has 0 aliphatic carbocycles. The van der Waals surface area contributed by atoms with Gasteiger partial charge in [-0.15, -0.1) is 10.2 Å². The highest BCUT2D eigenvalue weighted by Crippen LogP contribution is 2.27. The lowest BCUT2D eigenvalue weighted by Crippen LogP contribution is -2.42. The molecule has 0 bridgehead atoms. The zero-order valence-electron chi connectivity index (χ0n) is 15.5. The Bertz CT molecular complexity index is 942. The summed E-state index contributed by atoms with van der Waals surface area (Å²) in [6.07, 6.45) is 0.221. The third-order valence-electron chi connectivity index (χ3n) is 3.97. The largest absolute Gasteiger partial charge is 0.497 e. The van der Waals surface area contributed by atoms with Gasteiger partial charge in [0.25, 0.3) is 0 Å². The molecular formula is C20H20N4O3S. The topological polar surface area (TPSA) is 93.2 Å². The number of carbonyl (C=O) groups is 2. The highest BCUT2D eigenvalue weighted by molar-refractivity contribution is 7.18. The van der Waals surface area contributed by atoms with Gasteiger partial charge in [0.05, 0.1) is 13.5 Å². The summed E-state index contributed by atoms with van der Waals surface area (Å²) in [4.78, 5) is 24.4. The fourth-order valence-electron chi connectivity index (χ4n) is 2.48. The van der Waals surface area contributed by atoms with Gasteiger partial charge >= 0.3 is 0 Å². The number of methoxy groups -OCH3 is 1. The van der Waals surface area contributed by atoms with E-state index in [4.69, 9.17) is 4.74 Å². The lowest BCUT2D eigenvalue weighted by atomic mass is 10.1. The summed E-state index contributed by atoms with van der Waals surface area (Å²) < 4.78 is 5.13. The number of anilines is 1. The maximum absolute atomic E-state index is 12.3. The van der Waals surface area contributed by atoms with Gasteiger partial charge in [0.15, 0.2) is 0 Å². The van der Waals surface area contributed by atoms with Crippen molar-refractivity contribution in [3.63, 3.8) is 0 Å². The maximum atomic E-state index is 12.3. The predicted octanol–water partition coefficient (Wildman–Crippen LogP) is 2.90. The van der Waals surface area contributed by atoms with Crippen molar-refractivity contribution in [3.05, 3.63) is 60.2 Å². The fraction of sp³-hybridized carbons (Fsp3) is 0.200. The van der Waals surface area contributed by atoms with Crippen LogP contribution in [0.5, 0.6) is 5.75 Å². The molecule has 1 atom stereocenters. The number of nitrogens with zero attached hydrogens (tertiary/aromatic N) is 2. The van der Waals surface area contributed by atoms with Gasteiger partial charge < -0.3 is 10.1 Å². The second-order valence-electron chi connectivity index (χ2n) is 6.08. The van der Waals surface area contributed by atoms with Gasteiger partial charge in [-0.25, -0.2) is 0 Å². The molecule has 0 saturated heterocycles. The molecule has 0 aliphatic rings. The lowest BCUT2D eigenvalue weighted by Gasteiger charge is -2.12. The Morgan fingerprint density at radius 3 is 2.46 bits per heavy atom. The Labute approximate surface area is 166 Å². The number of amides is 2. The van der Waals surface area contributed by atoms with Crippen molar-refractivity contribution in [2.75, 3.05) is 12.4 Å².